The summed E-state index contributed by atoms with van der Waals surface area (Å²) in [5.41, 5.74) is 6.05. The van der Waals surface area contributed by atoms with Gasteiger partial charge in [0, 0.05) is 70.2 Å². The molecule has 168 valence electrons. The van der Waals surface area contributed by atoms with Crippen molar-refractivity contribution in [2.45, 2.75) is 46.0 Å². The van der Waals surface area contributed by atoms with Crippen LogP contribution in [0.25, 0.3) is 0 Å². The van der Waals surface area contributed by atoms with Gasteiger partial charge in [-0.05, 0) is 18.8 Å². The molecule has 2 N–H and O–H groups in total. The molecule has 0 unspecified atom stereocenters. The van der Waals surface area contributed by atoms with Gasteiger partial charge in [0.1, 0.15) is 0 Å². The van der Waals surface area contributed by atoms with Gasteiger partial charge in [0.25, 0.3) is 0 Å². The number of carbonyl (C=O) groups excluding carboxylic acids is 2. The van der Waals surface area contributed by atoms with E-state index >= 15 is 0 Å². The maximum atomic E-state index is 12.4. The van der Waals surface area contributed by atoms with Gasteiger partial charge in [-0.3, -0.25) is 14.6 Å². The van der Waals surface area contributed by atoms with Gasteiger partial charge in [0.2, 0.25) is 11.8 Å². The molecule has 2 aliphatic heterocycles. The molecule has 7 nitrogen and oxygen atoms in total. The number of guanidine groups is 1. The Morgan fingerprint density at radius 2 is 1.48 bits per heavy atom. The molecule has 0 bridgehead atoms. The third-order valence-corrected chi connectivity index (χ3v) is 6.17. The second kappa shape index (κ2) is 14.3. The van der Waals surface area contributed by atoms with Crippen molar-refractivity contribution >= 4 is 53.5 Å². The maximum absolute atomic E-state index is 12.4. The topological polar surface area (TPSA) is 82.2 Å². The van der Waals surface area contributed by atoms with Crippen LogP contribution < -0.4 is 5.73 Å². The lowest BCUT2D eigenvalue weighted by Crippen LogP contribution is -2.50. The Morgan fingerprint density at radius 1 is 0.897 bits per heavy atom. The van der Waals surface area contributed by atoms with E-state index in [1.165, 1.54) is 0 Å². The maximum Gasteiger partial charge on any atom is 0.222 e. The Morgan fingerprint density at radius 3 is 2.07 bits per heavy atom. The van der Waals surface area contributed by atoms with Gasteiger partial charge in [0.05, 0.1) is 0 Å². The van der Waals surface area contributed by atoms with Crippen molar-refractivity contribution in [1.29, 1.82) is 0 Å². The summed E-state index contributed by atoms with van der Waals surface area (Å²) in [6.45, 7) is 9.50. The molecule has 2 fully saturated rings. The highest BCUT2D eigenvalue weighted by molar-refractivity contribution is 14.0. The Hall–Kier alpha value is -0.710. The summed E-state index contributed by atoms with van der Waals surface area (Å²) in [5, 5.41) is 0. The summed E-state index contributed by atoms with van der Waals surface area (Å²) in [6.07, 6.45) is 4.03. The molecule has 0 atom stereocenters. The molecule has 9 heteroatoms. The molecule has 0 aliphatic carbocycles. The third kappa shape index (κ3) is 9.76. The van der Waals surface area contributed by atoms with E-state index in [0.717, 1.165) is 50.4 Å². The van der Waals surface area contributed by atoms with Gasteiger partial charge in [-0.15, -0.1) is 24.0 Å². The van der Waals surface area contributed by atoms with Gasteiger partial charge in [-0.1, -0.05) is 20.3 Å². The van der Waals surface area contributed by atoms with E-state index in [-0.39, 0.29) is 35.8 Å². The average Bonchev–Trinajstić information content (AvgIpc) is 2.70. The highest BCUT2D eigenvalue weighted by Gasteiger charge is 2.23. The quantitative estimate of drug-likeness (QED) is 0.222. The highest BCUT2D eigenvalue weighted by atomic mass is 127. The van der Waals surface area contributed by atoms with E-state index in [1.54, 1.807) is 0 Å². The fraction of sp³-hybridized carbons (Fsp3) is 0.850. The molecule has 2 saturated heterocycles. The monoisotopic (exact) mass is 539 g/mol. The Bertz CT molecular complexity index is 533. The van der Waals surface area contributed by atoms with Crippen LogP contribution in [0.1, 0.15) is 46.0 Å². The lowest BCUT2D eigenvalue weighted by Gasteiger charge is -2.35. The van der Waals surface area contributed by atoms with Crippen LogP contribution in [0.4, 0.5) is 0 Å². The second-order valence-corrected chi connectivity index (χ2v) is 9.23. The lowest BCUT2D eigenvalue weighted by atomic mass is 10.1. The van der Waals surface area contributed by atoms with Crippen LogP contribution in [0.5, 0.6) is 0 Å². The molecule has 0 aromatic heterocycles. The van der Waals surface area contributed by atoms with Gasteiger partial charge >= 0.3 is 0 Å². The summed E-state index contributed by atoms with van der Waals surface area (Å²) >= 11 is 1.96. The summed E-state index contributed by atoms with van der Waals surface area (Å²) < 4.78 is 0. The number of halogens is 1. The Labute approximate surface area is 197 Å². The smallest absolute Gasteiger partial charge is 0.222 e. The molecule has 0 spiro atoms. The van der Waals surface area contributed by atoms with Crippen LogP contribution in [0.3, 0.4) is 0 Å². The third-order valence-electron chi connectivity index (χ3n) is 5.23. The van der Waals surface area contributed by atoms with Crippen LogP contribution in [0.15, 0.2) is 4.99 Å². The summed E-state index contributed by atoms with van der Waals surface area (Å²) in [6, 6.07) is 0. The van der Waals surface area contributed by atoms with Crippen molar-refractivity contribution in [1.82, 2.24) is 14.7 Å². The van der Waals surface area contributed by atoms with Crippen LogP contribution in [-0.2, 0) is 9.59 Å². The molecule has 0 radical (unpaired) electrons. The zero-order valence-corrected chi connectivity index (χ0v) is 21.1. The zero-order chi connectivity index (χ0) is 20.4. The van der Waals surface area contributed by atoms with Crippen LogP contribution in [0.2, 0.25) is 0 Å². The van der Waals surface area contributed by atoms with Gasteiger partial charge in [-0.2, -0.15) is 11.8 Å². The molecule has 0 aromatic rings. The number of hydrogen-bond acceptors (Lipinski definition) is 4. The number of nitrogens with zero attached hydrogens (tertiary/aromatic N) is 4. The number of amides is 2. The molecule has 2 aliphatic rings. The first-order chi connectivity index (χ1) is 13.5. The predicted octanol–water partition coefficient (Wildman–Crippen LogP) is 2.25. The SMILES string of the molecule is CC(C)CC(=O)N1CCN(C(=O)CCCCCN=C(N)N2CCSCC2)CC1.I. The molecule has 0 saturated carbocycles. The van der Waals surface area contributed by atoms with Crippen molar-refractivity contribution in [3.05, 3.63) is 0 Å². The van der Waals surface area contributed by atoms with E-state index in [1.807, 2.05) is 21.6 Å². The van der Waals surface area contributed by atoms with Crippen LogP contribution in [0, 0.1) is 5.92 Å². The number of aliphatic imine (C=N–C) groups is 1. The lowest BCUT2D eigenvalue weighted by molar-refractivity contribution is -0.140. The van der Waals surface area contributed by atoms with Crippen molar-refractivity contribution in [3.63, 3.8) is 0 Å². The summed E-state index contributed by atoms with van der Waals surface area (Å²) in [5.74, 6) is 3.72. The molecule has 2 amide bonds. The number of carbonyl (C=O) groups is 2. The molecule has 2 heterocycles. The van der Waals surface area contributed by atoms with E-state index < -0.39 is 0 Å². The van der Waals surface area contributed by atoms with Gasteiger partial charge in [0.15, 0.2) is 5.96 Å². The predicted molar refractivity (Wildman–Crippen MR) is 132 cm³/mol. The first-order valence-electron chi connectivity index (χ1n) is 10.7. The number of piperazine rings is 1. The van der Waals surface area contributed by atoms with Crippen molar-refractivity contribution in [2.75, 3.05) is 57.3 Å². The second-order valence-electron chi connectivity index (χ2n) is 8.01. The van der Waals surface area contributed by atoms with E-state index in [4.69, 9.17) is 5.73 Å². The van der Waals surface area contributed by atoms with E-state index in [0.29, 0.717) is 50.9 Å². The summed E-state index contributed by atoms with van der Waals surface area (Å²) in [7, 11) is 0. The highest BCUT2D eigenvalue weighted by Crippen LogP contribution is 2.11. The molecular formula is C20H38IN5O2S. The van der Waals surface area contributed by atoms with Crippen LogP contribution in [-0.4, -0.2) is 89.8 Å². The van der Waals surface area contributed by atoms with Gasteiger partial charge < -0.3 is 20.4 Å². The first kappa shape index (κ1) is 26.3. The molecule has 0 aromatic carbocycles. The fourth-order valence-electron chi connectivity index (χ4n) is 3.49. The normalized spacial score (nSPS) is 18.0. The largest absolute Gasteiger partial charge is 0.370 e. The first-order valence-corrected chi connectivity index (χ1v) is 11.8. The summed E-state index contributed by atoms with van der Waals surface area (Å²) in [4.78, 5) is 34.9. The zero-order valence-electron chi connectivity index (χ0n) is 18.0. The molecule has 29 heavy (non-hydrogen) atoms. The number of hydrogen-bond donors (Lipinski definition) is 1. The Kier molecular flexibility index (Phi) is 13.0. The van der Waals surface area contributed by atoms with E-state index in [2.05, 4.69) is 23.7 Å². The number of rotatable bonds is 8. The van der Waals surface area contributed by atoms with Crippen LogP contribution >= 0.6 is 35.7 Å². The molecule has 2 rings (SSSR count). The fourth-order valence-corrected chi connectivity index (χ4v) is 4.40. The number of thioether (sulfide) groups is 1. The minimum Gasteiger partial charge on any atom is -0.370 e. The van der Waals surface area contributed by atoms with Crippen molar-refractivity contribution < 1.29 is 9.59 Å². The Balaban J connectivity index is 0.00000420. The minimum absolute atomic E-state index is 0. The number of nitrogens with two attached hydrogens (primary N) is 1. The number of unbranched alkanes of at least 4 members (excludes halogenated alkanes) is 2. The minimum atomic E-state index is 0. The standard InChI is InChI=1S/C20H37N5O2S.HI/c1-17(2)16-19(27)24-10-8-23(9-11-24)18(26)6-4-3-5-7-22-20(21)25-12-14-28-15-13-25;/h17H,3-16H2,1-2H3,(H2,21,22);1H. The van der Waals surface area contributed by atoms with E-state index in [9.17, 15) is 9.59 Å². The van der Waals surface area contributed by atoms with Crippen molar-refractivity contribution in [2.24, 2.45) is 16.6 Å². The molecular weight excluding hydrogens is 501 g/mol. The average molecular weight is 540 g/mol. The van der Waals surface area contributed by atoms with Crippen molar-refractivity contribution in [3.8, 4) is 0 Å². The van der Waals surface area contributed by atoms with Gasteiger partial charge in [-0.25, -0.2) is 0 Å².